The molecule has 2 aromatic rings. The third kappa shape index (κ3) is 2.35. The van der Waals surface area contributed by atoms with Crippen molar-refractivity contribution >= 4 is 28.8 Å². The van der Waals surface area contributed by atoms with Gasteiger partial charge in [-0.2, -0.15) is 4.98 Å². The molecule has 3 rings (SSSR count). The molecule has 1 unspecified atom stereocenters. The number of pyridine rings is 1. The molecule has 6 heteroatoms. The molecule has 0 radical (unpaired) electrons. The van der Waals surface area contributed by atoms with Crippen LogP contribution in [0.2, 0.25) is 5.15 Å². The zero-order chi connectivity index (χ0) is 11.7. The van der Waals surface area contributed by atoms with E-state index < -0.39 is 0 Å². The first-order chi connectivity index (χ1) is 8.31. The topological polar surface area (TPSA) is 63.0 Å². The number of nitrogens with zero attached hydrogens (tertiary/aromatic N) is 2. The second-order valence-electron chi connectivity index (χ2n) is 4.16. The molecule has 90 valence electrons. The molecule has 1 saturated heterocycles. The summed E-state index contributed by atoms with van der Waals surface area (Å²) in [7, 11) is 0. The van der Waals surface area contributed by atoms with E-state index in [2.05, 4.69) is 20.6 Å². The molecular formula is C11H13ClN4O. The molecule has 0 spiro atoms. The van der Waals surface area contributed by atoms with E-state index in [1.807, 2.05) is 0 Å². The summed E-state index contributed by atoms with van der Waals surface area (Å²) in [6.07, 6.45) is 2.29. The first-order valence-electron chi connectivity index (χ1n) is 5.71. The molecule has 2 N–H and O–H groups in total. The number of hydrogen-bond acceptors (Lipinski definition) is 5. The van der Waals surface area contributed by atoms with E-state index in [1.54, 1.807) is 12.1 Å². The Labute approximate surface area is 104 Å². The van der Waals surface area contributed by atoms with E-state index in [9.17, 15) is 0 Å². The van der Waals surface area contributed by atoms with Crippen molar-refractivity contribution in [2.45, 2.75) is 18.9 Å². The second-order valence-corrected chi connectivity index (χ2v) is 4.55. The molecular weight excluding hydrogens is 240 g/mol. The van der Waals surface area contributed by atoms with Crippen LogP contribution in [-0.2, 0) is 0 Å². The third-order valence-corrected chi connectivity index (χ3v) is 3.05. The van der Waals surface area contributed by atoms with Crippen LogP contribution >= 0.6 is 11.6 Å². The molecule has 2 aromatic heterocycles. The number of hydrogen-bond donors (Lipinski definition) is 2. The van der Waals surface area contributed by atoms with Crippen LogP contribution < -0.4 is 10.6 Å². The van der Waals surface area contributed by atoms with E-state index in [4.69, 9.17) is 16.0 Å². The molecule has 0 bridgehead atoms. The van der Waals surface area contributed by atoms with Gasteiger partial charge in [0.15, 0.2) is 5.58 Å². The minimum absolute atomic E-state index is 0.368. The van der Waals surface area contributed by atoms with Crippen molar-refractivity contribution in [3.05, 3.63) is 17.3 Å². The SMILES string of the molecule is Clc1ccc2oc(NC3CCCNC3)nc2n1. The highest BCUT2D eigenvalue weighted by atomic mass is 35.5. The molecule has 1 atom stereocenters. The summed E-state index contributed by atoms with van der Waals surface area (Å²) in [6, 6.07) is 4.36. The van der Waals surface area contributed by atoms with E-state index in [-0.39, 0.29) is 0 Å². The highest BCUT2D eigenvalue weighted by Crippen LogP contribution is 2.20. The lowest BCUT2D eigenvalue weighted by Gasteiger charge is -2.22. The second kappa shape index (κ2) is 4.50. The predicted octanol–water partition coefficient (Wildman–Crippen LogP) is 2.04. The standard InChI is InChI=1S/C11H13ClN4O/c12-9-4-3-8-10(15-9)16-11(17-8)14-7-2-1-5-13-6-7/h3-4,7,13H,1-2,5-6H2,(H,14,15,16). The zero-order valence-electron chi connectivity index (χ0n) is 9.24. The van der Waals surface area contributed by atoms with E-state index >= 15 is 0 Å². The van der Waals surface area contributed by atoms with Gasteiger partial charge in [-0.1, -0.05) is 11.6 Å². The maximum Gasteiger partial charge on any atom is 0.297 e. The Morgan fingerprint density at radius 2 is 2.35 bits per heavy atom. The lowest BCUT2D eigenvalue weighted by Crippen LogP contribution is -2.38. The molecule has 5 nitrogen and oxygen atoms in total. The Morgan fingerprint density at radius 3 is 3.18 bits per heavy atom. The monoisotopic (exact) mass is 252 g/mol. The smallest absolute Gasteiger partial charge is 0.297 e. The van der Waals surface area contributed by atoms with Crippen LogP contribution in [0.25, 0.3) is 11.2 Å². The summed E-state index contributed by atoms with van der Waals surface area (Å²) in [5, 5.41) is 7.02. The summed E-state index contributed by atoms with van der Waals surface area (Å²) in [6.45, 7) is 2.02. The van der Waals surface area contributed by atoms with Crippen LogP contribution in [0.1, 0.15) is 12.8 Å². The molecule has 0 aliphatic carbocycles. The van der Waals surface area contributed by atoms with Gasteiger partial charge in [0.2, 0.25) is 5.65 Å². The maximum atomic E-state index is 5.80. The average Bonchev–Trinajstić information content (AvgIpc) is 2.71. The lowest BCUT2D eigenvalue weighted by atomic mass is 10.1. The summed E-state index contributed by atoms with van der Waals surface area (Å²) >= 11 is 5.80. The number of aromatic nitrogens is 2. The molecule has 0 aromatic carbocycles. The number of fused-ring (bicyclic) bond motifs is 1. The van der Waals surface area contributed by atoms with Gasteiger partial charge in [0.25, 0.3) is 6.01 Å². The van der Waals surface area contributed by atoms with Crippen LogP contribution in [0, 0.1) is 0 Å². The highest BCUT2D eigenvalue weighted by molar-refractivity contribution is 6.29. The van der Waals surface area contributed by atoms with Crippen LogP contribution in [0.15, 0.2) is 16.5 Å². The highest BCUT2D eigenvalue weighted by Gasteiger charge is 2.15. The molecule has 0 amide bonds. The van der Waals surface area contributed by atoms with Gasteiger partial charge in [-0.3, -0.25) is 0 Å². The van der Waals surface area contributed by atoms with E-state index in [0.29, 0.717) is 28.4 Å². The third-order valence-electron chi connectivity index (χ3n) is 2.84. The Bertz CT molecular complexity index is 521. The van der Waals surface area contributed by atoms with Gasteiger partial charge in [0, 0.05) is 12.6 Å². The number of oxazole rings is 1. The number of halogens is 1. The Morgan fingerprint density at radius 1 is 1.41 bits per heavy atom. The Kier molecular flexibility index (Phi) is 2.86. The molecule has 3 heterocycles. The number of anilines is 1. The summed E-state index contributed by atoms with van der Waals surface area (Å²) in [4.78, 5) is 8.36. The number of nitrogens with one attached hydrogen (secondary N) is 2. The van der Waals surface area contributed by atoms with Crippen molar-refractivity contribution in [2.24, 2.45) is 0 Å². The average molecular weight is 253 g/mol. The molecule has 1 fully saturated rings. The van der Waals surface area contributed by atoms with Gasteiger partial charge < -0.3 is 15.1 Å². The lowest BCUT2D eigenvalue weighted by molar-refractivity contribution is 0.467. The first kappa shape index (κ1) is 10.8. The molecule has 1 aliphatic rings. The molecule has 17 heavy (non-hydrogen) atoms. The normalized spacial score (nSPS) is 20.6. The van der Waals surface area contributed by atoms with Gasteiger partial charge in [0.1, 0.15) is 5.15 Å². The van der Waals surface area contributed by atoms with E-state index in [0.717, 1.165) is 19.5 Å². The van der Waals surface area contributed by atoms with Gasteiger partial charge in [-0.25, -0.2) is 4.98 Å². The van der Waals surface area contributed by atoms with Crippen molar-refractivity contribution in [1.29, 1.82) is 0 Å². The van der Waals surface area contributed by atoms with Crippen molar-refractivity contribution in [3.63, 3.8) is 0 Å². The fourth-order valence-corrected chi connectivity index (χ4v) is 2.15. The maximum absolute atomic E-state index is 5.80. The fourth-order valence-electron chi connectivity index (χ4n) is 2.01. The largest absolute Gasteiger partial charge is 0.422 e. The van der Waals surface area contributed by atoms with Crippen LogP contribution in [0.3, 0.4) is 0 Å². The van der Waals surface area contributed by atoms with Gasteiger partial charge >= 0.3 is 0 Å². The number of rotatable bonds is 2. The van der Waals surface area contributed by atoms with Gasteiger partial charge in [-0.05, 0) is 31.5 Å². The summed E-state index contributed by atoms with van der Waals surface area (Å²) in [5.41, 5.74) is 1.20. The van der Waals surface area contributed by atoms with Crippen LogP contribution in [0.4, 0.5) is 6.01 Å². The number of piperidine rings is 1. The van der Waals surface area contributed by atoms with Crippen LogP contribution in [-0.4, -0.2) is 29.1 Å². The quantitative estimate of drug-likeness (QED) is 0.801. The Hall–Kier alpha value is -1.33. The van der Waals surface area contributed by atoms with Gasteiger partial charge in [-0.15, -0.1) is 0 Å². The van der Waals surface area contributed by atoms with Gasteiger partial charge in [0.05, 0.1) is 0 Å². The van der Waals surface area contributed by atoms with Crippen molar-refractivity contribution in [2.75, 3.05) is 18.4 Å². The summed E-state index contributed by atoms with van der Waals surface area (Å²) in [5.74, 6) is 0. The molecule has 0 saturated carbocycles. The first-order valence-corrected chi connectivity index (χ1v) is 6.09. The zero-order valence-corrected chi connectivity index (χ0v) is 10.00. The summed E-state index contributed by atoms with van der Waals surface area (Å²) < 4.78 is 5.55. The molecule has 1 aliphatic heterocycles. The minimum atomic E-state index is 0.368. The van der Waals surface area contributed by atoms with Crippen LogP contribution in [0.5, 0.6) is 0 Å². The van der Waals surface area contributed by atoms with Crippen molar-refractivity contribution in [1.82, 2.24) is 15.3 Å². The van der Waals surface area contributed by atoms with Crippen molar-refractivity contribution in [3.8, 4) is 0 Å². The Balaban J connectivity index is 1.80. The fraction of sp³-hybridized carbons (Fsp3) is 0.455. The predicted molar refractivity (Wildman–Crippen MR) is 66.3 cm³/mol. The van der Waals surface area contributed by atoms with E-state index in [1.165, 1.54) is 6.42 Å². The van der Waals surface area contributed by atoms with Crippen molar-refractivity contribution < 1.29 is 4.42 Å². The minimum Gasteiger partial charge on any atom is -0.422 e.